The van der Waals surface area contributed by atoms with Crippen LogP contribution in [0.5, 0.6) is 0 Å². The van der Waals surface area contributed by atoms with E-state index in [-0.39, 0.29) is 11.6 Å². The standard InChI is InChI=1S/C16H15N5O2S/c1-9(15-20-21-16(17)24-15)18-13(22)11-7-8-12(19-14(11)23)10-5-3-2-4-6-10/h2-9H,1H3,(H2,17,21)(H,18,22)(H,19,23)/t9-/m1/s1. The molecule has 1 amide bonds. The van der Waals surface area contributed by atoms with Crippen LogP contribution in [0.4, 0.5) is 5.13 Å². The van der Waals surface area contributed by atoms with Crippen LogP contribution in [0.25, 0.3) is 11.3 Å². The van der Waals surface area contributed by atoms with Gasteiger partial charge >= 0.3 is 0 Å². The summed E-state index contributed by atoms with van der Waals surface area (Å²) in [4.78, 5) is 27.2. The molecule has 1 aromatic carbocycles. The third-order valence-corrected chi connectivity index (χ3v) is 4.35. The Morgan fingerprint density at radius 3 is 2.58 bits per heavy atom. The molecule has 0 spiro atoms. The largest absolute Gasteiger partial charge is 0.374 e. The summed E-state index contributed by atoms with van der Waals surface area (Å²) in [5.41, 5.74) is 6.65. The van der Waals surface area contributed by atoms with Crippen molar-refractivity contribution in [3.63, 3.8) is 0 Å². The number of hydrogen-bond acceptors (Lipinski definition) is 6. The van der Waals surface area contributed by atoms with E-state index in [9.17, 15) is 9.59 Å². The molecule has 2 heterocycles. The number of rotatable bonds is 4. The average Bonchev–Trinajstić information content (AvgIpc) is 3.02. The van der Waals surface area contributed by atoms with Gasteiger partial charge in [0.2, 0.25) is 5.13 Å². The predicted molar refractivity (Wildman–Crippen MR) is 92.7 cm³/mol. The van der Waals surface area contributed by atoms with Crippen molar-refractivity contribution in [1.82, 2.24) is 20.5 Å². The van der Waals surface area contributed by atoms with Gasteiger partial charge in [0.15, 0.2) is 0 Å². The molecule has 122 valence electrons. The quantitative estimate of drug-likeness (QED) is 0.671. The molecule has 1 atom stereocenters. The molecule has 0 fully saturated rings. The molecule has 7 nitrogen and oxygen atoms in total. The van der Waals surface area contributed by atoms with E-state index < -0.39 is 11.5 Å². The van der Waals surface area contributed by atoms with Crippen LogP contribution in [-0.2, 0) is 0 Å². The lowest BCUT2D eigenvalue weighted by Gasteiger charge is -2.10. The summed E-state index contributed by atoms with van der Waals surface area (Å²) in [6.45, 7) is 1.75. The summed E-state index contributed by atoms with van der Waals surface area (Å²) in [5.74, 6) is -0.475. The van der Waals surface area contributed by atoms with Crippen molar-refractivity contribution in [2.24, 2.45) is 0 Å². The van der Waals surface area contributed by atoms with Gasteiger partial charge in [-0.05, 0) is 24.6 Å². The molecule has 24 heavy (non-hydrogen) atoms. The Kier molecular flexibility index (Phi) is 4.39. The molecule has 0 radical (unpaired) electrons. The second-order valence-corrected chi connectivity index (χ2v) is 6.20. The zero-order valence-electron chi connectivity index (χ0n) is 12.8. The van der Waals surface area contributed by atoms with Gasteiger partial charge in [-0.15, -0.1) is 10.2 Å². The number of nitrogen functional groups attached to an aromatic ring is 1. The Balaban J connectivity index is 1.79. The fraction of sp³-hybridized carbons (Fsp3) is 0.125. The first-order chi connectivity index (χ1) is 11.5. The second kappa shape index (κ2) is 6.63. The molecule has 3 rings (SSSR count). The first-order valence-corrected chi connectivity index (χ1v) is 8.04. The number of aromatic nitrogens is 3. The minimum absolute atomic E-state index is 0.0408. The minimum Gasteiger partial charge on any atom is -0.374 e. The zero-order chi connectivity index (χ0) is 17.1. The number of H-pyrrole nitrogens is 1. The number of amides is 1. The van der Waals surface area contributed by atoms with Crippen LogP contribution in [-0.4, -0.2) is 21.1 Å². The summed E-state index contributed by atoms with van der Waals surface area (Å²) < 4.78 is 0. The van der Waals surface area contributed by atoms with Crippen LogP contribution in [0.1, 0.15) is 28.3 Å². The van der Waals surface area contributed by atoms with Gasteiger partial charge in [0.1, 0.15) is 10.6 Å². The molecule has 0 bridgehead atoms. The van der Waals surface area contributed by atoms with Crippen molar-refractivity contribution in [3.05, 3.63) is 63.4 Å². The maximum absolute atomic E-state index is 12.3. The lowest BCUT2D eigenvalue weighted by Crippen LogP contribution is -2.31. The lowest BCUT2D eigenvalue weighted by atomic mass is 10.1. The van der Waals surface area contributed by atoms with Crippen molar-refractivity contribution < 1.29 is 4.79 Å². The highest BCUT2D eigenvalue weighted by Gasteiger charge is 2.17. The highest BCUT2D eigenvalue weighted by molar-refractivity contribution is 7.15. The molecule has 8 heteroatoms. The molecule has 4 N–H and O–H groups in total. The number of benzene rings is 1. The number of anilines is 1. The number of hydrogen-bond donors (Lipinski definition) is 3. The predicted octanol–water partition coefficient (Wildman–Crippen LogP) is 1.97. The summed E-state index contributed by atoms with van der Waals surface area (Å²) in [6, 6.07) is 12.2. The van der Waals surface area contributed by atoms with E-state index >= 15 is 0 Å². The third kappa shape index (κ3) is 3.33. The molecule has 0 unspecified atom stereocenters. The normalized spacial score (nSPS) is 11.9. The Morgan fingerprint density at radius 1 is 1.21 bits per heavy atom. The third-order valence-electron chi connectivity index (χ3n) is 3.41. The fourth-order valence-electron chi connectivity index (χ4n) is 2.20. The molecule has 0 aliphatic carbocycles. The van der Waals surface area contributed by atoms with Gasteiger partial charge in [0, 0.05) is 5.69 Å². The maximum Gasteiger partial charge on any atom is 0.261 e. The van der Waals surface area contributed by atoms with Crippen molar-refractivity contribution in [3.8, 4) is 11.3 Å². The van der Waals surface area contributed by atoms with Gasteiger partial charge in [0.25, 0.3) is 11.5 Å². The smallest absolute Gasteiger partial charge is 0.261 e. The van der Waals surface area contributed by atoms with Crippen LogP contribution in [0.2, 0.25) is 0 Å². The van der Waals surface area contributed by atoms with Crippen molar-refractivity contribution >= 4 is 22.4 Å². The fourth-order valence-corrected chi connectivity index (χ4v) is 2.81. The number of carbonyl (C=O) groups is 1. The summed E-state index contributed by atoms with van der Waals surface area (Å²) >= 11 is 1.19. The zero-order valence-corrected chi connectivity index (χ0v) is 13.6. The van der Waals surface area contributed by atoms with Crippen LogP contribution < -0.4 is 16.6 Å². The van der Waals surface area contributed by atoms with Gasteiger partial charge in [-0.2, -0.15) is 0 Å². The molecule has 0 aliphatic heterocycles. The number of pyridine rings is 1. The van der Waals surface area contributed by atoms with E-state index in [1.807, 2.05) is 30.3 Å². The maximum atomic E-state index is 12.3. The average molecular weight is 341 g/mol. The molecular weight excluding hydrogens is 326 g/mol. The van der Waals surface area contributed by atoms with Gasteiger partial charge in [-0.25, -0.2) is 0 Å². The summed E-state index contributed by atoms with van der Waals surface area (Å²) in [7, 11) is 0. The number of nitrogens with zero attached hydrogens (tertiary/aromatic N) is 2. The van der Waals surface area contributed by atoms with Gasteiger partial charge in [-0.1, -0.05) is 41.7 Å². The van der Waals surface area contributed by atoms with E-state index in [0.29, 0.717) is 15.8 Å². The topological polar surface area (TPSA) is 114 Å². The van der Waals surface area contributed by atoms with Crippen LogP contribution in [0, 0.1) is 0 Å². The van der Waals surface area contributed by atoms with E-state index in [1.165, 1.54) is 17.4 Å². The van der Waals surface area contributed by atoms with E-state index in [4.69, 9.17) is 5.73 Å². The minimum atomic E-state index is -0.475. The second-order valence-electron chi connectivity index (χ2n) is 5.15. The Labute approximate surface area is 141 Å². The summed E-state index contributed by atoms with van der Waals surface area (Å²) in [5, 5.41) is 11.2. The van der Waals surface area contributed by atoms with Crippen molar-refractivity contribution in [2.45, 2.75) is 13.0 Å². The van der Waals surface area contributed by atoms with E-state index in [1.54, 1.807) is 13.0 Å². The number of nitrogens with one attached hydrogen (secondary N) is 2. The van der Waals surface area contributed by atoms with Crippen LogP contribution in [0.15, 0.2) is 47.3 Å². The summed E-state index contributed by atoms with van der Waals surface area (Å²) in [6.07, 6.45) is 0. The van der Waals surface area contributed by atoms with Crippen LogP contribution >= 0.6 is 11.3 Å². The number of carbonyl (C=O) groups excluding carboxylic acids is 1. The van der Waals surface area contributed by atoms with Gasteiger partial charge in [-0.3, -0.25) is 9.59 Å². The first-order valence-electron chi connectivity index (χ1n) is 7.23. The molecule has 2 aromatic heterocycles. The number of aromatic amines is 1. The monoisotopic (exact) mass is 341 g/mol. The van der Waals surface area contributed by atoms with Gasteiger partial charge < -0.3 is 16.0 Å². The Morgan fingerprint density at radius 2 is 1.96 bits per heavy atom. The molecule has 3 aromatic rings. The van der Waals surface area contributed by atoms with Gasteiger partial charge in [0.05, 0.1) is 6.04 Å². The van der Waals surface area contributed by atoms with E-state index in [2.05, 4.69) is 20.5 Å². The highest BCUT2D eigenvalue weighted by Crippen LogP contribution is 2.19. The Bertz CT molecular complexity index is 919. The van der Waals surface area contributed by atoms with E-state index in [0.717, 1.165) is 5.56 Å². The van der Waals surface area contributed by atoms with Crippen LogP contribution in [0.3, 0.4) is 0 Å². The van der Waals surface area contributed by atoms with Crippen molar-refractivity contribution in [2.75, 3.05) is 5.73 Å². The molecule has 0 aliphatic rings. The first kappa shape index (κ1) is 15.9. The molecule has 0 saturated carbocycles. The van der Waals surface area contributed by atoms with Crippen molar-refractivity contribution in [1.29, 1.82) is 0 Å². The molecule has 0 saturated heterocycles. The molecular formula is C16H15N5O2S. The number of nitrogens with two attached hydrogens (primary N) is 1. The Hall–Kier alpha value is -3.00. The SMILES string of the molecule is C[C@@H](NC(=O)c1ccc(-c2ccccc2)[nH]c1=O)c1nnc(N)s1. The highest BCUT2D eigenvalue weighted by atomic mass is 32.1. The lowest BCUT2D eigenvalue weighted by molar-refractivity contribution is 0.0938.